The molecular formula is C28H40O6. The van der Waals surface area contributed by atoms with Gasteiger partial charge in [-0.1, -0.05) is 0 Å². The first-order valence-corrected chi connectivity index (χ1v) is 13.3. The Kier molecular flexibility index (Phi) is 7.47. The Balaban J connectivity index is 1.02. The van der Waals surface area contributed by atoms with Crippen LogP contribution in [0.3, 0.4) is 0 Å². The lowest BCUT2D eigenvalue weighted by atomic mass is 9.72. The second-order valence-electron chi connectivity index (χ2n) is 10.9. The number of rotatable bonds is 9. The highest BCUT2D eigenvalue weighted by atomic mass is 16.6. The first kappa shape index (κ1) is 24.1. The molecule has 0 N–H and O–H groups in total. The predicted octanol–water partition coefficient (Wildman–Crippen LogP) is 5.24. The standard InChI is InChI=1S/C28H40O6/c1-17-14-24(31-16-27-19(3)33-27)12-13-25(17)28(29)34-23-10-6-21(7-11-23)20-4-8-22(9-5-20)30-15-26-18(2)32-26/h12-14,18-23,26-27H,4-11,15-16H2,1-3H3. The van der Waals surface area contributed by atoms with Gasteiger partial charge in [0.15, 0.2) is 0 Å². The lowest BCUT2D eigenvalue weighted by Gasteiger charge is -2.37. The van der Waals surface area contributed by atoms with Crippen molar-refractivity contribution >= 4 is 5.97 Å². The van der Waals surface area contributed by atoms with Crippen LogP contribution in [0.2, 0.25) is 0 Å². The zero-order valence-electron chi connectivity index (χ0n) is 20.9. The van der Waals surface area contributed by atoms with Gasteiger partial charge in [-0.05, 0) is 108 Å². The highest BCUT2D eigenvalue weighted by Crippen LogP contribution is 2.40. The van der Waals surface area contributed by atoms with Gasteiger partial charge in [0.2, 0.25) is 0 Å². The number of carbonyl (C=O) groups excluding carboxylic acids is 1. The molecule has 2 saturated heterocycles. The van der Waals surface area contributed by atoms with Crippen molar-refractivity contribution in [2.24, 2.45) is 11.8 Å². The topological polar surface area (TPSA) is 69.8 Å². The van der Waals surface area contributed by atoms with E-state index < -0.39 is 0 Å². The number of esters is 1. The third kappa shape index (κ3) is 6.13. The number of ether oxygens (including phenoxy) is 5. The summed E-state index contributed by atoms with van der Waals surface area (Å²) in [6, 6.07) is 5.59. The van der Waals surface area contributed by atoms with Crippen LogP contribution in [0.1, 0.15) is 81.1 Å². The smallest absolute Gasteiger partial charge is 0.338 e. The maximum Gasteiger partial charge on any atom is 0.338 e. The summed E-state index contributed by atoms with van der Waals surface area (Å²) in [6.45, 7) is 7.40. The van der Waals surface area contributed by atoms with Gasteiger partial charge in [-0.2, -0.15) is 0 Å². The van der Waals surface area contributed by atoms with Crippen molar-refractivity contribution in [2.45, 2.75) is 109 Å². The molecule has 0 bridgehead atoms. The van der Waals surface area contributed by atoms with E-state index in [0.29, 0.717) is 30.5 Å². The average Bonchev–Trinajstić information content (AvgIpc) is 3.74. The normalized spacial score (nSPS) is 37.1. The first-order chi connectivity index (χ1) is 16.5. The fourth-order valence-electron chi connectivity index (χ4n) is 5.79. The molecule has 0 radical (unpaired) electrons. The Bertz CT molecular complexity index is 839. The summed E-state index contributed by atoms with van der Waals surface area (Å²) in [5, 5.41) is 0. The molecule has 4 unspecified atom stereocenters. The fraction of sp³-hybridized carbons (Fsp3) is 0.750. The van der Waals surface area contributed by atoms with E-state index >= 15 is 0 Å². The molecule has 2 aliphatic carbocycles. The number of aryl methyl sites for hydroxylation is 1. The van der Waals surface area contributed by atoms with Crippen molar-refractivity contribution in [3.8, 4) is 5.75 Å². The molecule has 2 heterocycles. The third-order valence-corrected chi connectivity index (χ3v) is 8.38. The van der Waals surface area contributed by atoms with Crippen molar-refractivity contribution in [3.63, 3.8) is 0 Å². The van der Waals surface area contributed by atoms with E-state index in [1.54, 1.807) is 0 Å². The SMILES string of the molecule is Cc1cc(OCC2OC2C)ccc1C(=O)OC1CCC(C2CCC(OCC3OC3C)CC2)CC1. The Morgan fingerprint density at radius 1 is 0.853 bits per heavy atom. The molecule has 1 aromatic rings. The Morgan fingerprint density at radius 3 is 1.97 bits per heavy atom. The van der Waals surface area contributed by atoms with Crippen LogP contribution >= 0.6 is 0 Å². The second kappa shape index (κ2) is 10.5. The lowest BCUT2D eigenvalue weighted by molar-refractivity contribution is -0.00861. The molecule has 5 rings (SSSR count). The summed E-state index contributed by atoms with van der Waals surface area (Å²) in [5.41, 5.74) is 1.53. The molecular weight excluding hydrogens is 432 g/mol. The second-order valence-corrected chi connectivity index (χ2v) is 10.9. The van der Waals surface area contributed by atoms with Crippen LogP contribution in [0.25, 0.3) is 0 Å². The summed E-state index contributed by atoms with van der Waals surface area (Å²) in [5.74, 6) is 2.12. The molecule has 4 fully saturated rings. The van der Waals surface area contributed by atoms with Crippen LogP contribution < -0.4 is 4.74 Å². The minimum absolute atomic E-state index is 0.0350. The van der Waals surface area contributed by atoms with Crippen molar-refractivity contribution in [2.75, 3.05) is 13.2 Å². The van der Waals surface area contributed by atoms with Crippen LogP contribution in [-0.2, 0) is 18.9 Å². The molecule has 2 saturated carbocycles. The van der Waals surface area contributed by atoms with Crippen molar-refractivity contribution in [1.29, 1.82) is 0 Å². The monoisotopic (exact) mass is 472 g/mol. The molecule has 0 aromatic heterocycles. The molecule has 0 amide bonds. The van der Waals surface area contributed by atoms with Crippen LogP contribution in [0.5, 0.6) is 5.75 Å². The number of benzene rings is 1. The van der Waals surface area contributed by atoms with Gasteiger partial charge in [-0.25, -0.2) is 4.79 Å². The summed E-state index contributed by atoms with van der Waals surface area (Å²) >= 11 is 0. The minimum Gasteiger partial charge on any atom is -0.491 e. The van der Waals surface area contributed by atoms with Gasteiger partial charge in [-0.15, -0.1) is 0 Å². The van der Waals surface area contributed by atoms with Crippen molar-refractivity contribution in [3.05, 3.63) is 29.3 Å². The Morgan fingerprint density at radius 2 is 1.41 bits per heavy atom. The van der Waals surface area contributed by atoms with Gasteiger partial charge in [0, 0.05) is 0 Å². The van der Waals surface area contributed by atoms with E-state index in [1.165, 1.54) is 25.7 Å². The summed E-state index contributed by atoms with van der Waals surface area (Å²) < 4.78 is 28.6. The molecule has 0 spiro atoms. The van der Waals surface area contributed by atoms with Gasteiger partial charge < -0.3 is 23.7 Å². The Hall–Kier alpha value is -1.63. The summed E-state index contributed by atoms with van der Waals surface area (Å²) in [4.78, 5) is 12.8. The van der Waals surface area contributed by atoms with E-state index in [0.717, 1.165) is 55.4 Å². The van der Waals surface area contributed by atoms with E-state index in [1.807, 2.05) is 32.0 Å². The molecule has 188 valence electrons. The zero-order valence-corrected chi connectivity index (χ0v) is 20.9. The summed E-state index contributed by atoms with van der Waals surface area (Å²) in [7, 11) is 0. The number of carbonyl (C=O) groups is 1. The highest BCUT2D eigenvalue weighted by Gasteiger charge is 2.37. The van der Waals surface area contributed by atoms with E-state index in [2.05, 4.69) is 6.92 Å². The van der Waals surface area contributed by atoms with Gasteiger partial charge in [0.05, 0.1) is 30.5 Å². The highest BCUT2D eigenvalue weighted by molar-refractivity contribution is 5.91. The molecule has 1 aromatic carbocycles. The van der Waals surface area contributed by atoms with E-state index in [4.69, 9.17) is 23.7 Å². The maximum absolute atomic E-state index is 12.8. The number of epoxide rings is 2. The summed E-state index contributed by atoms with van der Waals surface area (Å²) in [6.07, 6.45) is 10.8. The van der Waals surface area contributed by atoms with Crippen LogP contribution in [0.15, 0.2) is 18.2 Å². The molecule has 4 aliphatic rings. The zero-order chi connectivity index (χ0) is 23.7. The molecule has 2 aliphatic heterocycles. The average molecular weight is 473 g/mol. The van der Waals surface area contributed by atoms with Gasteiger partial charge in [0.1, 0.15) is 30.7 Å². The van der Waals surface area contributed by atoms with E-state index in [9.17, 15) is 4.79 Å². The van der Waals surface area contributed by atoms with E-state index in [-0.39, 0.29) is 24.3 Å². The minimum atomic E-state index is -0.210. The molecule has 4 atom stereocenters. The maximum atomic E-state index is 12.8. The number of hydrogen-bond acceptors (Lipinski definition) is 6. The fourth-order valence-corrected chi connectivity index (χ4v) is 5.79. The third-order valence-electron chi connectivity index (χ3n) is 8.38. The lowest BCUT2D eigenvalue weighted by Crippen LogP contribution is -2.31. The van der Waals surface area contributed by atoms with Gasteiger partial charge in [-0.3, -0.25) is 0 Å². The van der Waals surface area contributed by atoms with Gasteiger partial charge in [0.25, 0.3) is 0 Å². The molecule has 6 heteroatoms. The quantitative estimate of drug-likeness (QED) is 0.362. The van der Waals surface area contributed by atoms with Crippen LogP contribution in [0.4, 0.5) is 0 Å². The van der Waals surface area contributed by atoms with Crippen LogP contribution in [0, 0.1) is 18.8 Å². The predicted molar refractivity (Wildman–Crippen MR) is 128 cm³/mol. The first-order valence-electron chi connectivity index (χ1n) is 13.3. The Labute approximate surface area is 203 Å². The van der Waals surface area contributed by atoms with Crippen molar-refractivity contribution in [1.82, 2.24) is 0 Å². The number of hydrogen-bond donors (Lipinski definition) is 0. The largest absolute Gasteiger partial charge is 0.491 e. The molecule has 6 nitrogen and oxygen atoms in total. The molecule has 34 heavy (non-hydrogen) atoms. The van der Waals surface area contributed by atoms with Crippen LogP contribution in [-0.4, -0.2) is 55.8 Å². The van der Waals surface area contributed by atoms with Gasteiger partial charge >= 0.3 is 5.97 Å². The van der Waals surface area contributed by atoms with Crippen molar-refractivity contribution < 1.29 is 28.5 Å².